The summed E-state index contributed by atoms with van der Waals surface area (Å²) in [5, 5.41) is 2.90. The highest BCUT2D eigenvalue weighted by Crippen LogP contribution is 2.17. The number of hydrogen-bond donors (Lipinski definition) is 2. The monoisotopic (exact) mass is 308 g/mol. The van der Waals surface area contributed by atoms with Gasteiger partial charge < -0.3 is 15.8 Å². The molecular weight excluding hydrogens is 296 g/mol. The van der Waals surface area contributed by atoms with Gasteiger partial charge in [0.2, 0.25) is 11.8 Å². The molecule has 0 aliphatic carbocycles. The van der Waals surface area contributed by atoms with E-state index in [1.807, 2.05) is 24.3 Å². The van der Waals surface area contributed by atoms with E-state index >= 15 is 0 Å². The van der Waals surface area contributed by atoms with Crippen LogP contribution in [0.5, 0.6) is 5.88 Å². The van der Waals surface area contributed by atoms with Crippen LogP contribution in [0.2, 0.25) is 0 Å². The van der Waals surface area contributed by atoms with Crippen molar-refractivity contribution in [2.24, 2.45) is 0 Å². The topological polar surface area (TPSA) is 73.1 Å². The molecule has 3 N–H and O–H groups in total. The molecule has 0 radical (unpaired) electrons. The van der Waals surface area contributed by atoms with Gasteiger partial charge in [0.1, 0.15) is 12.4 Å². The van der Waals surface area contributed by atoms with Gasteiger partial charge in [0.25, 0.3) is 0 Å². The molecule has 0 saturated heterocycles. The predicted octanol–water partition coefficient (Wildman–Crippen LogP) is 2.44. The molecule has 0 spiro atoms. The Morgan fingerprint density at radius 1 is 1.33 bits per heavy atom. The van der Waals surface area contributed by atoms with E-state index in [-0.39, 0.29) is 5.95 Å². The van der Waals surface area contributed by atoms with Crippen LogP contribution in [0.25, 0.3) is 0 Å². The van der Waals surface area contributed by atoms with E-state index in [0.29, 0.717) is 18.3 Å². The van der Waals surface area contributed by atoms with E-state index in [1.54, 1.807) is 13.1 Å². The smallest absolute Gasteiger partial charge is 0.225 e. The summed E-state index contributed by atoms with van der Waals surface area (Å²) in [4.78, 5) is 8.00. The van der Waals surface area contributed by atoms with E-state index in [1.165, 1.54) is 0 Å². The van der Waals surface area contributed by atoms with Crippen LogP contribution < -0.4 is 15.8 Å². The quantitative estimate of drug-likeness (QED) is 0.907. The van der Waals surface area contributed by atoms with E-state index < -0.39 is 0 Å². The minimum Gasteiger partial charge on any atom is -0.473 e. The number of anilines is 2. The Labute approximate surface area is 114 Å². The van der Waals surface area contributed by atoms with Gasteiger partial charge in [0, 0.05) is 17.6 Å². The number of nitrogens with zero attached hydrogens (tertiary/aromatic N) is 2. The standard InChI is InChI=1S/C12H13BrN4O/c1-15-10-6-11(17-12(14)16-10)18-7-8-3-2-4-9(13)5-8/h2-6H,7H2,1H3,(H3,14,15,16,17). The second-order valence-electron chi connectivity index (χ2n) is 3.62. The van der Waals surface area contributed by atoms with E-state index in [9.17, 15) is 0 Å². The fourth-order valence-corrected chi connectivity index (χ4v) is 1.88. The molecule has 0 saturated carbocycles. The Balaban J connectivity index is 2.08. The van der Waals surface area contributed by atoms with Crippen molar-refractivity contribution in [2.45, 2.75) is 6.61 Å². The van der Waals surface area contributed by atoms with E-state index in [2.05, 4.69) is 31.2 Å². The maximum atomic E-state index is 5.58. The molecular formula is C12H13BrN4O. The maximum absolute atomic E-state index is 5.58. The lowest BCUT2D eigenvalue weighted by atomic mass is 10.2. The molecule has 2 rings (SSSR count). The van der Waals surface area contributed by atoms with Crippen molar-refractivity contribution >= 4 is 27.7 Å². The van der Waals surface area contributed by atoms with Crippen LogP contribution in [0, 0.1) is 0 Å². The second-order valence-corrected chi connectivity index (χ2v) is 4.53. The zero-order chi connectivity index (χ0) is 13.0. The molecule has 0 aliphatic rings. The van der Waals surface area contributed by atoms with Crippen molar-refractivity contribution in [3.05, 3.63) is 40.4 Å². The summed E-state index contributed by atoms with van der Waals surface area (Å²) in [5.41, 5.74) is 6.63. The van der Waals surface area contributed by atoms with Gasteiger partial charge in [0.15, 0.2) is 0 Å². The Morgan fingerprint density at radius 2 is 2.17 bits per heavy atom. The first-order valence-corrected chi connectivity index (χ1v) is 6.16. The SMILES string of the molecule is CNc1cc(OCc2cccc(Br)c2)nc(N)n1. The maximum Gasteiger partial charge on any atom is 0.225 e. The Bertz CT molecular complexity index is 547. The highest BCUT2D eigenvalue weighted by molar-refractivity contribution is 9.10. The predicted molar refractivity (Wildman–Crippen MR) is 74.5 cm³/mol. The first kappa shape index (κ1) is 12.6. The van der Waals surface area contributed by atoms with Crippen molar-refractivity contribution in [1.29, 1.82) is 0 Å². The van der Waals surface area contributed by atoms with Crippen LogP contribution in [0.4, 0.5) is 11.8 Å². The summed E-state index contributed by atoms with van der Waals surface area (Å²) in [7, 11) is 1.76. The van der Waals surface area contributed by atoms with E-state index in [4.69, 9.17) is 10.5 Å². The van der Waals surface area contributed by atoms with Crippen LogP contribution >= 0.6 is 15.9 Å². The third-order valence-corrected chi connectivity index (χ3v) is 2.75. The second kappa shape index (κ2) is 5.68. The molecule has 94 valence electrons. The van der Waals surface area contributed by atoms with Crippen molar-refractivity contribution in [3.63, 3.8) is 0 Å². The molecule has 2 aromatic rings. The molecule has 0 unspecified atom stereocenters. The lowest BCUT2D eigenvalue weighted by Gasteiger charge is -2.07. The Kier molecular flexibility index (Phi) is 3.99. The Morgan fingerprint density at radius 3 is 2.89 bits per heavy atom. The minimum atomic E-state index is 0.186. The van der Waals surface area contributed by atoms with Crippen LogP contribution in [0.15, 0.2) is 34.8 Å². The number of nitrogens with two attached hydrogens (primary N) is 1. The number of halogens is 1. The number of rotatable bonds is 4. The number of nitrogen functional groups attached to an aromatic ring is 1. The number of ether oxygens (including phenoxy) is 1. The molecule has 0 fully saturated rings. The van der Waals surface area contributed by atoms with Gasteiger partial charge in [-0.1, -0.05) is 28.1 Å². The van der Waals surface area contributed by atoms with Crippen molar-refractivity contribution in [3.8, 4) is 5.88 Å². The molecule has 5 nitrogen and oxygen atoms in total. The molecule has 0 amide bonds. The van der Waals surface area contributed by atoms with Gasteiger partial charge >= 0.3 is 0 Å². The number of aromatic nitrogens is 2. The van der Waals surface area contributed by atoms with Gasteiger partial charge in [0.05, 0.1) is 0 Å². The summed E-state index contributed by atoms with van der Waals surface area (Å²) < 4.78 is 6.59. The fourth-order valence-electron chi connectivity index (χ4n) is 1.43. The first-order chi connectivity index (χ1) is 8.67. The average molecular weight is 309 g/mol. The summed E-state index contributed by atoms with van der Waals surface area (Å²) in [6, 6.07) is 9.59. The molecule has 0 aliphatic heterocycles. The minimum absolute atomic E-state index is 0.186. The van der Waals surface area contributed by atoms with Gasteiger partial charge in [-0.15, -0.1) is 0 Å². The van der Waals surface area contributed by atoms with Crippen LogP contribution in [0.3, 0.4) is 0 Å². The largest absolute Gasteiger partial charge is 0.473 e. The number of nitrogens with one attached hydrogen (secondary N) is 1. The normalized spacial score (nSPS) is 10.1. The van der Waals surface area contributed by atoms with Crippen molar-refractivity contribution in [1.82, 2.24) is 9.97 Å². The molecule has 0 bridgehead atoms. The van der Waals surface area contributed by atoms with Crippen LogP contribution in [0.1, 0.15) is 5.56 Å². The molecule has 1 heterocycles. The summed E-state index contributed by atoms with van der Waals surface area (Å²) >= 11 is 3.41. The zero-order valence-corrected chi connectivity index (χ0v) is 11.4. The van der Waals surface area contributed by atoms with Gasteiger partial charge in [-0.3, -0.25) is 0 Å². The summed E-state index contributed by atoms with van der Waals surface area (Å²) in [6.07, 6.45) is 0. The highest BCUT2D eigenvalue weighted by atomic mass is 79.9. The third-order valence-electron chi connectivity index (χ3n) is 2.25. The number of benzene rings is 1. The molecule has 18 heavy (non-hydrogen) atoms. The zero-order valence-electron chi connectivity index (χ0n) is 9.85. The van der Waals surface area contributed by atoms with Crippen molar-refractivity contribution < 1.29 is 4.74 Å². The van der Waals surface area contributed by atoms with Gasteiger partial charge in [-0.05, 0) is 17.7 Å². The number of hydrogen-bond acceptors (Lipinski definition) is 5. The Hall–Kier alpha value is -1.82. The highest BCUT2D eigenvalue weighted by Gasteiger charge is 2.03. The average Bonchev–Trinajstić information content (AvgIpc) is 2.36. The van der Waals surface area contributed by atoms with Gasteiger partial charge in [-0.25, -0.2) is 0 Å². The molecule has 1 aromatic carbocycles. The van der Waals surface area contributed by atoms with Gasteiger partial charge in [-0.2, -0.15) is 9.97 Å². The lowest BCUT2D eigenvalue weighted by molar-refractivity contribution is 0.294. The van der Waals surface area contributed by atoms with E-state index in [0.717, 1.165) is 10.0 Å². The van der Waals surface area contributed by atoms with Crippen LogP contribution in [-0.2, 0) is 6.61 Å². The first-order valence-electron chi connectivity index (χ1n) is 5.37. The summed E-state index contributed by atoms with van der Waals surface area (Å²) in [6.45, 7) is 0.430. The lowest BCUT2D eigenvalue weighted by Crippen LogP contribution is -2.03. The molecule has 6 heteroatoms. The third kappa shape index (κ3) is 3.33. The molecule has 0 atom stereocenters. The fraction of sp³-hybridized carbons (Fsp3) is 0.167. The summed E-state index contributed by atoms with van der Waals surface area (Å²) in [5.74, 6) is 1.27. The molecule has 1 aromatic heterocycles. The van der Waals surface area contributed by atoms with Crippen LogP contribution in [-0.4, -0.2) is 17.0 Å². The van der Waals surface area contributed by atoms with Crippen molar-refractivity contribution in [2.75, 3.05) is 18.1 Å².